The molecule has 1 aromatic rings. The van der Waals surface area contributed by atoms with Crippen molar-refractivity contribution in [3.63, 3.8) is 0 Å². The van der Waals surface area contributed by atoms with E-state index in [1.807, 2.05) is 0 Å². The molecule has 0 aliphatic carbocycles. The fourth-order valence-corrected chi connectivity index (χ4v) is 1.04. The summed E-state index contributed by atoms with van der Waals surface area (Å²) in [6, 6.07) is 5.94. The van der Waals surface area contributed by atoms with Crippen molar-refractivity contribution in [2.24, 2.45) is 11.6 Å². The van der Waals surface area contributed by atoms with Crippen molar-refractivity contribution in [3.8, 4) is 0 Å². The number of nitrogens with zero attached hydrogens (tertiary/aromatic N) is 2. The van der Waals surface area contributed by atoms with E-state index in [1.54, 1.807) is 6.07 Å². The molecule has 0 atom stereocenters. The van der Waals surface area contributed by atoms with Crippen LogP contribution in [0, 0.1) is 10.1 Å². The lowest BCUT2D eigenvalue weighted by molar-refractivity contribution is -0.384. The quantitative estimate of drug-likeness (QED) is 0.321. The number of nitro groups is 1. The SMILES string of the molecule is NC(=S)N(N)c1ccccc1[N+](=O)[O-]. The van der Waals surface area contributed by atoms with Gasteiger partial charge in [0, 0.05) is 6.07 Å². The van der Waals surface area contributed by atoms with Crippen molar-refractivity contribution in [1.29, 1.82) is 0 Å². The molecule has 1 aromatic carbocycles. The molecular weight excluding hydrogens is 204 g/mol. The highest BCUT2D eigenvalue weighted by molar-refractivity contribution is 7.80. The Morgan fingerprint density at radius 3 is 2.57 bits per heavy atom. The molecule has 0 saturated heterocycles. The predicted molar refractivity (Wildman–Crippen MR) is 56.5 cm³/mol. The van der Waals surface area contributed by atoms with Crippen LogP contribution >= 0.6 is 12.2 Å². The van der Waals surface area contributed by atoms with Crippen molar-refractivity contribution in [2.45, 2.75) is 0 Å². The van der Waals surface area contributed by atoms with Crippen LogP contribution in [0.4, 0.5) is 11.4 Å². The monoisotopic (exact) mass is 212 g/mol. The molecule has 0 spiro atoms. The minimum absolute atomic E-state index is 0.126. The summed E-state index contributed by atoms with van der Waals surface area (Å²) in [4.78, 5) is 10.0. The molecule has 0 fully saturated rings. The Bertz CT molecular complexity index is 382. The molecule has 74 valence electrons. The molecule has 6 nitrogen and oxygen atoms in total. The van der Waals surface area contributed by atoms with Crippen LogP contribution < -0.4 is 16.6 Å². The van der Waals surface area contributed by atoms with Crippen LogP contribution in [0.15, 0.2) is 24.3 Å². The van der Waals surface area contributed by atoms with Crippen LogP contribution in [-0.2, 0) is 0 Å². The van der Waals surface area contributed by atoms with Gasteiger partial charge in [-0.05, 0) is 18.3 Å². The summed E-state index contributed by atoms with van der Waals surface area (Å²) in [5.41, 5.74) is 5.28. The van der Waals surface area contributed by atoms with E-state index in [4.69, 9.17) is 11.6 Å². The number of para-hydroxylation sites is 2. The third kappa shape index (κ3) is 1.95. The van der Waals surface area contributed by atoms with Gasteiger partial charge in [-0.2, -0.15) is 0 Å². The van der Waals surface area contributed by atoms with E-state index in [9.17, 15) is 10.1 Å². The second kappa shape index (κ2) is 3.99. The van der Waals surface area contributed by atoms with Gasteiger partial charge in [0.05, 0.1) is 4.92 Å². The Balaban J connectivity index is 3.19. The highest BCUT2D eigenvalue weighted by atomic mass is 32.1. The average Bonchev–Trinajstić information content (AvgIpc) is 2.16. The average molecular weight is 212 g/mol. The van der Waals surface area contributed by atoms with Gasteiger partial charge in [0.15, 0.2) is 5.11 Å². The Hall–Kier alpha value is -1.73. The van der Waals surface area contributed by atoms with Crippen molar-refractivity contribution >= 4 is 28.7 Å². The van der Waals surface area contributed by atoms with Crippen molar-refractivity contribution in [2.75, 3.05) is 5.01 Å². The zero-order valence-corrected chi connectivity index (χ0v) is 7.90. The first-order valence-electron chi connectivity index (χ1n) is 3.61. The van der Waals surface area contributed by atoms with Gasteiger partial charge in [-0.1, -0.05) is 12.1 Å². The van der Waals surface area contributed by atoms with Crippen LogP contribution in [0.2, 0.25) is 0 Å². The summed E-state index contributed by atoms with van der Waals surface area (Å²) in [6.07, 6.45) is 0. The minimum atomic E-state index is -0.548. The zero-order chi connectivity index (χ0) is 10.7. The van der Waals surface area contributed by atoms with Crippen LogP contribution in [-0.4, -0.2) is 10.0 Å². The largest absolute Gasteiger partial charge is 0.375 e. The topological polar surface area (TPSA) is 98.4 Å². The van der Waals surface area contributed by atoms with Gasteiger partial charge in [-0.3, -0.25) is 10.1 Å². The number of nitro benzene ring substituents is 1. The van der Waals surface area contributed by atoms with Gasteiger partial charge in [0.25, 0.3) is 5.69 Å². The van der Waals surface area contributed by atoms with E-state index in [0.29, 0.717) is 0 Å². The number of hydrazine groups is 1. The summed E-state index contributed by atoms with van der Waals surface area (Å²) < 4.78 is 0. The highest BCUT2D eigenvalue weighted by Gasteiger charge is 2.17. The Labute approximate surface area is 85.2 Å². The lowest BCUT2D eigenvalue weighted by atomic mass is 10.2. The summed E-state index contributed by atoms with van der Waals surface area (Å²) >= 11 is 4.60. The maximum absolute atomic E-state index is 10.6. The second-order valence-electron chi connectivity index (χ2n) is 2.45. The normalized spacial score (nSPS) is 9.50. The van der Waals surface area contributed by atoms with E-state index in [-0.39, 0.29) is 16.5 Å². The Morgan fingerprint density at radius 1 is 1.50 bits per heavy atom. The van der Waals surface area contributed by atoms with Crippen LogP contribution in [0.3, 0.4) is 0 Å². The molecule has 0 aromatic heterocycles. The number of thiocarbonyl (C=S) groups is 1. The predicted octanol–water partition coefficient (Wildman–Crippen LogP) is 0.518. The van der Waals surface area contributed by atoms with Crippen LogP contribution in [0.1, 0.15) is 0 Å². The summed E-state index contributed by atoms with van der Waals surface area (Å²) in [5, 5.41) is 11.4. The number of hydrogen-bond donors (Lipinski definition) is 2. The van der Waals surface area contributed by atoms with Crippen LogP contribution in [0.5, 0.6) is 0 Å². The van der Waals surface area contributed by atoms with E-state index in [2.05, 4.69) is 12.2 Å². The van der Waals surface area contributed by atoms with E-state index < -0.39 is 4.92 Å². The Morgan fingerprint density at radius 2 is 2.07 bits per heavy atom. The molecule has 1 rings (SSSR count). The van der Waals surface area contributed by atoms with Gasteiger partial charge in [-0.25, -0.2) is 10.9 Å². The first kappa shape index (κ1) is 10.4. The molecule has 0 unspecified atom stereocenters. The van der Waals surface area contributed by atoms with E-state index >= 15 is 0 Å². The molecule has 0 amide bonds. The van der Waals surface area contributed by atoms with Crippen molar-refractivity contribution in [3.05, 3.63) is 34.4 Å². The van der Waals surface area contributed by atoms with Gasteiger partial charge in [0.1, 0.15) is 5.69 Å². The smallest absolute Gasteiger partial charge is 0.294 e. The molecule has 0 bridgehead atoms. The molecule has 0 aliphatic heterocycles. The van der Waals surface area contributed by atoms with Crippen LogP contribution in [0.25, 0.3) is 0 Å². The second-order valence-corrected chi connectivity index (χ2v) is 2.87. The van der Waals surface area contributed by atoms with E-state index in [0.717, 1.165) is 5.01 Å². The molecule has 14 heavy (non-hydrogen) atoms. The van der Waals surface area contributed by atoms with Crippen molar-refractivity contribution in [1.82, 2.24) is 0 Å². The Kier molecular flexibility index (Phi) is 2.95. The zero-order valence-electron chi connectivity index (χ0n) is 7.08. The van der Waals surface area contributed by atoms with E-state index in [1.165, 1.54) is 18.2 Å². The third-order valence-corrected chi connectivity index (χ3v) is 1.77. The number of rotatable bonds is 2. The number of benzene rings is 1. The van der Waals surface area contributed by atoms with Gasteiger partial charge < -0.3 is 5.73 Å². The summed E-state index contributed by atoms with van der Waals surface area (Å²) in [5.74, 6) is 5.44. The minimum Gasteiger partial charge on any atom is -0.375 e. The molecule has 7 heteroatoms. The molecule has 0 saturated carbocycles. The summed E-state index contributed by atoms with van der Waals surface area (Å²) in [7, 11) is 0. The highest BCUT2D eigenvalue weighted by Crippen LogP contribution is 2.25. The van der Waals surface area contributed by atoms with Gasteiger partial charge >= 0.3 is 0 Å². The standard InChI is InChI=1S/C7H8N4O2S/c8-7(14)10(9)5-3-1-2-4-6(5)11(12)13/h1-4H,9H2,(H2,8,14). The molecular formula is C7H8N4O2S. The molecule has 0 aliphatic rings. The number of anilines is 1. The lowest BCUT2D eigenvalue weighted by Gasteiger charge is -2.15. The number of nitrogens with two attached hydrogens (primary N) is 2. The van der Waals surface area contributed by atoms with Gasteiger partial charge in [-0.15, -0.1) is 0 Å². The number of hydrogen-bond acceptors (Lipinski definition) is 4. The fourth-order valence-electron chi connectivity index (χ4n) is 0.941. The molecule has 4 N–H and O–H groups in total. The first-order chi connectivity index (χ1) is 6.54. The molecule has 0 radical (unpaired) electrons. The first-order valence-corrected chi connectivity index (χ1v) is 4.02. The lowest BCUT2D eigenvalue weighted by Crippen LogP contribution is -2.41. The summed E-state index contributed by atoms with van der Waals surface area (Å²) in [6.45, 7) is 0. The maximum Gasteiger partial charge on any atom is 0.294 e. The third-order valence-electron chi connectivity index (χ3n) is 1.58. The van der Waals surface area contributed by atoms with Crippen molar-refractivity contribution < 1.29 is 4.92 Å². The fraction of sp³-hybridized carbons (Fsp3) is 0. The molecule has 0 heterocycles. The van der Waals surface area contributed by atoms with Gasteiger partial charge in [0.2, 0.25) is 0 Å². The maximum atomic E-state index is 10.6.